The number of alkyl halides is 3. The zero-order valence-electron chi connectivity index (χ0n) is 21.8. The second-order valence-electron chi connectivity index (χ2n) is 8.75. The summed E-state index contributed by atoms with van der Waals surface area (Å²) in [4.78, 5) is 27.5. The van der Waals surface area contributed by atoms with Crippen LogP contribution in [0.5, 0.6) is 0 Å². The molecule has 0 aliphatic heterocycles. The Hall–Kier alpha value is -2.99. The lowest BCUT2D eigenvalue weighted by atomic mass is 10.1. The van der Waals surface area contributed by atoms with Crippen molar-refractivity contribution in [2.45, 2.75) is 37.0 Å². The third-order valence-electron chi connectivity index (χ3n) is 6.17. The lowest BCUT2D eigenvalue weighted by Crippen LogP contribution is -2.51. The number of sulfonamides is 1. The SMILES string of the molecule is CC[C@H](C(=O)NC)N(Cc1c(Cl)cccc1Cl)C(=O)CN(c1cc(C(F)(F)F)ccc1Cl)S(=O)(=O)c1ccccc1. The first-order chi connectivity index (χ1) is 19.2. The highest BCUT2D eigenvalue weighted by atomic mass is 35.5. The molecule has 0 saturated carbocycles. The molecule has 0 heterocycles. The largest absolute Gasteiger partial charge is 0.416 e. The number of nitrogens with one attached hydrogen (secondary N) is 1. The molecule has 220 valence electrons. The lowest BCUT2D eigenvalue weighted by Gasteiger charge is -2.33. The molecule has 0 aliphatic carbocycles. The van der Waals surface area contributed by atoms with Crippen LogP contribution in [0.3, 0.4) is 0 Å². The molecule has 3 aromatic rings. The zero-order chi connectivity index (χ0) is 30.5. The van der Waals surface area contributed by atoms with E-state index in [0.29, 0.717) is 22.0 Å². The van der Waals surface area contributed by atoms with Gasteiger partial charge in [-0.15, -0.1) is 0 Å². The van der Waals surface area contributed by atoms with E-state index in [2.05, 4.69) is 5.32 Å². The molecule has 2 amide bonds. The second kappa shape index (κ2) is 13.3. The van der Waals surface area contributed by atoms with Crippen LogP contribution in [0, 0.1) is 0 Å². The maximum atomic E-state index is 13.9. The van der Waals surface area contributed by atoms with Crippen LogP contribution >= 0.6 is 34.8 Å². The molecular weight excluding hydrogens is 626 g/mol. The molecule has 1 atom stereocenters. The van der Waals surface area contributed by atoms with Gasteiger partial charge in [-0.25, -0.2) is 8.42 Å². The molecular formula is C27H25Cl3F3N3O4S. The number of amides is 2. The maximum absolute atomic E-state index is 13.9. The molecule has 0 unspecified atom stereocenters. The number of benzene rings is 3. The Kier molecular flexibility index (Phi) is 10.6. The summed E-state index contributed by atoms with van der Waals surface area (Å²) in [6.45, 7) is 0.350. The van der Waals surface area contributed by atoms with E-state index in [-0.39, 0.29) is 32.9 Å². The van der Waals surface area contributed by atoms with Gasteiger partial charge in [0.1, 0.15) is 12.6 Å². The quantitative estimate of drug-likeness (QED) is 0.275. The summed E-state index contributed by atoms with van der Waals surface area (Å²) in [5.41, 5.74) is -1.45. The van der Waals surface area contributed by atoms with Gasteiger partial charge < -0.3 is 10.2 Å². The number of carbonyl (C=O) groups is 2. The van der Waals surface area contributed by atoms with Crippen LogP contribution in [-0.4, -0.2) is 44.8 Å². The molecule has 3 aromatic carbocycles. The van der Waals surface area contributed by atoms with Crippen molar-refractivity contribution in [1.82, 2.24) is 10.2 Å². The van der Waals surface area contributed by atoms with Crippen LogP contribution in [0.15, 0.2) is 71.6 Å². The van der Waals surface area contributed by atoms with E-state index in [0.717, 1.165) is 11.0 Å². The number of nitrogens with zero attached hydrogens (tertiary/aromatic N) is 2. The Labute approximate surface area is 250 Å². The van der Waals surface area contributed by atoms with Crippen LogP contribution in [-0.2, 0) is 32.3 Å². The Morgan fingerprint density at radius 1 is 0.927 bits per heavy atom. The predicted molar refractivity (Wildman–Crippen MR) is 153 cm³/mol. The van der Waals surface area contributed by atoms with Crippen molar-refractivity contribution < 1.29 is 31.2 Å². The molecule has 41 heavy (non-hydrogen) atoms. The van der Waals surface area contributed by atoms with E-state index in [1.165, 1.54) is 43.4 Å². The van der Waals surface area contributed by atoms with Gasteiger partial charge in [-0.3, -0.25) is 13.9 Å². The fourth-order valence-electron chi connectivity index (χ4n) is 4.05. The molecule has 3 rings (SSSR count). The van der Waals surface area contributed by atoms with Crippen molar-refractivity contribution in [3.05, 3.63) is 92.9 Å². The van der Waals surface area contributed by atoms with Crippen LogP contribution in [0.1, 0.15) is 24.5 Å². The van der Waals surface area contributed by atoms with Crippen LogP contribution in [0.25, 0.3) is 0 Å². The molecule has 14 heteroatoms. The number of anilines is 1. The van der Waals surface area contributed by atoms with Gasteiger partial charge in [-0.1, -0.05) is 66.0 Å². The molecule has 0 radical (unpaired) electrons. The molecule has 0 spiro atoms. The topological polar surface area (TPSA) is 86.8 Å². The first-order valence-electron chi connectivity index (χ1n) is 12.1. The maximum Gasteiger partial charge on any atom is 0.416 e. The minimum atomic E-state index is -4.83. The molecule has 0 aliphatic rings. The van der Waals surface area contributed by atoms with E-state index in [1.807, 2.05) is 0 Å². The first-order valence-corrected chi connectivity index (χ1v) is 14.7. The third-order valence-corrected chi connectivity index (χ3v) is 8.98. The minimum Gasteiger partial charge on any atom is -0.357 e. The molecule has 1 N–H and O–H groups in total. The van der Waals surface area contributed by atoms with E-state index in [4.69, 9.17) is 34.8 Å². The average Bonchev–Trinajstić information content (AvgIpc) is 2.93. The van der Waals surface area contributed by atoms with Crippen LogP contribution < -0.4 is 9.62 Å². The van der Waals surface area contributed by atoms with E-state index >= 15 is 0 Å². The Morgan fingerprint density at radius 3 is 2.07 bits per heavy atom. The highest BCUT2D eigenvalue weighted by Crippen LogP contribution is 2.37. The summed E-state index contributed by atoms with van der Waals surface area (Å²) in [6.07, 6.45) is -4.71. The van der Waals surface area contributed by atoms with Gasteiger partial charge in [0.25, 0.3) is 10.0 Å². The van der Waals surface area contributed by atoms with Crippen LogP contribution in [0.2, 0.25) is 15.1 Å². The molecule has 0 bridgehead atoms. The van der Waals surface area contributed by atoms with Gasteiger partial charge in [-0.05, 0) is 48.9 Å². The summed E-state index contributed by atoms with van der Waals surface area (Å²) in [7, 11) is -3.27. The average molecular weight is 651 g/mol. The van der Waals surface area contributed by atoms with Gasteiger partial charge in [0.05, 0.1) is 21.2 Å². The van der Waals surface area contributed by atoms with Crippen LogP contribution in [0.4, 0.5) is 18.9 Å². The fraction of sp³-hybridized carbons (Fsp3) is 0.259. The number of halogens is 6. The van der Waals surface area contributed by atoms with E-state index in [1.54, 1.807) is 19.1 Å². The molecule has 7 nitrogen and oxygen atoms in total. The van der Waals surface area contributed by atoms with Gasteiger partial charge in [0.2, 0.25) is 11.8 Å². The number of likely N-dealkylation sites (N-methyl/N-ethyl adjacent to an activating group) is 1. The van der Waals surface area contributed by atoms with Gasteiger partial charge in [-0.2, -0.15) is 13.2 Å². The van der Waals surface area contributed by atoms with E-state index in [9.17, 15) is 31.2 Å². The number of carbonyl (C=O) groups excluding carboxylic acids is 2. The summed E-state index contributed by atoms with van der Waals surface area (Å²) in [6, 6.07) is 12.6. The van der Waals surface area contributed by atoms with Crippen molar-refractivity contribution in [3.63, 3.8) is 0 Å². The summed E-state index contributed by atoms with van der Waals surface area (Å²) in [5.74, 6) is -1.47. The fourth-order valence-corrected chi connectivity index (χ4v) is 6.29. The summed E-state index contributed by atoms with van der Waals surface area (Å²) < 4.78 is 68.9. The van der Waals surface area contributed by atoms with E-state index < -0.39 is 51.9 Å². The molecule has 0 saturated heterocycles. The van der Waals surface area contributed by atoms with Crippen molar-refractivity contribution in [2.24, 2.45) is 0 Å². The highest BCUT2D eigenvalue weighted by molar-refractivity contribution is 7.92. The Bertz CT molecular complexity index is 1500. The molecule has 0 aromatic heterocycles. The number of hydrogen-bond acceptors (Lipinski definition) is 4. The smallest absolute Gasteiger partial charge is 0.357 e. The first kappa shape index (κ1) is 32.5. The highest BCUT2D eigenvalue weighted by Gasteiger charge is 2.37. The number of rotatable bonds is 10. The van der Waals surface area contributed by atoms with Gasteiger partial charge in [0.15, 0.2) is 0 Å². The summed E-state index contributed by atoms with van der Waals surface area (Å²) >= 11 is 18.9. The summed E-state index contributed by atoms with van der Waals surface area (Å²) in [5, 5.41) is 2.50. The van der Waals surface area contributed by atoms with Crippen molar-refractivity contribution in [1.29, 1.82) is 0 Å². The second-order valence-corrected chi connectivity index (χ2v) is 11.8. The molecule has 0 fully saturated rings. The van der Waals surface area contributed by atoms with Gasteiger partial charge in [0, 0.05) is 29.2 Å². The Morgan fingerprint density at radius 2 is 1.54 bits per heavy atom. The van der Waals surface area contributed by atoms with Crippen molar-refractivity contribution >= 4 is 62.3 Å². The standard InChI is InChI=1S/C27H25Cl3F3N3O4S/c1-3-23(26(38)34-2)35(15-19-20(28)10-7-11-21(19)29)25(37)16-36(41(39,40)18-8-5-4-6-9-18)24-14-17(27(31,32)33)12-13-22(24)30/h4-14,23H,3,15-16H2,1-2H3,(H,34,38)/t23-/m1/s1. The van der Waals surface area contributed by atoms with Crippen molar-refractivity contribution in [3.8, 4) is 0 Å². The monoisotopic (exact) mass is 649 g/mol. The minimum absolute atomic E-state index is 0.114. The number of hydrogen-bond donors (Lipinski definition) is 1. The third kappa shape index (κ3) is 7.45. The lowest BCUT2D eigenvalue weighted by molar-refractivity contribution is -0.140. The van der Waals surface area contributed by atoms with Gasteiger partial charge >= 0.3 is 6.18 Å². The zero-order valence-corrected chi connectivity index (χ0v) is 24.8. The normalized spacial score (nSPS) is 12.5. The Balaban J connectivity index is 2.19. The predicted octanol–water partition coefficient (Wildman–Crippen LogP) is 6.41. The van der Waals surface area contributed by atoms with Crippen molar-refractivity contribution in [2.75, 3.05) is 17.9 Å².